The summed E-state index contributed by atoms with van der Waals surface area (Å²) in [5.74, 6) is 0. The minimum Gasteiger partial charge on any atom is -0.350 e. The van der Waals surface area contributed by atoms with Gasteiger partial charge in [0.2, 0.25) is 0 Å². The van der Waals surface area contributed by atoms with Gasteiger partial charge in [-0.2, -0.15) is 0 Å². The molecular formula is C11H17N5O. The summed E-state index contributed by atoms with van der Waals surface area (Å²) in [6.45, 7) is 2.98. The second-order valence-corrected chi connectivity index (χ2v) is 3.96. The highest BCUT2D eigenvalue weighted by Gasteiger charge is 2.21. The lowest BCUT2D eigenvalue weighted by molar-refractivity contribution is 0.0405. The summed E-state index contributed by atoms with van der Waals surface area (Å²) in [4.78, 5) is 15.3. The highest BCUT2D eigenvalue weighted by atomic mass is 16.2. The van der Waals surface area contributed by atoms with Gasteiger partial charge in [-0.15, -0.1) is 0 Å². The summed E-state index contributed by atoms with van der Waals surface area (Å²) in [6, 6.07) is 3.49. The molecule has 6 nitrogen and oxygen atoms in total. The molecule has 0 atom stereocenters. The van der Waals surface area contributed by atoms with Crippen LogP contribution in [0.5, 0.6) is 0 Å². The number of urea groups is 1. The summed E-state index contributed by atoms with van der Waals surface area (Å²) < 4.78 is 0. The van der Waals surface area contributed by atoms with Crippen molar-refractivity contribution in [3.05, 3.63) is 30.1 Å². The van der Waals surface area contributed by atoms with E-state index in [0.717, 1.165) is 25.1 Å². The average Bonchev–Trinajstić information content (AvgIpc) is 2.84. The molecule has 0 aromatic carbocycles. The maximum absolute atomic E-state index is 11.4. The van der Waals surface area contributed by atoms with Crippen LogP contribution in [-0.4, -0.2) is 47.3 Å². The molecule has 3 N–H and O–H groups in total. The number of rotatable bonds is 4. The van der Waals surface area contributed by atoms with Gasteiger partial charge in [-0.05, 0) is 24.1 Å². The molecule has 1 aliphatic rings. The van der Waals surface area contributed by atoms with Gasteiger partial charge in [0.25, 0.3) is 0 Å². The van der Waals surface area contributed by atoms with Crippen molar-refractivity contribution < 1.29 is 4.79 Å². The first-order valence-electron chi connectivity index (χ1n) is 5.69. The SMILES string of the molecule is NC(=O)N(CCc1ccncc1)N1CCNC1. The molecule has 1 aliphatic heterocycles. The zero-order valence-electron chi connectivity index (χ0n) is 9.67. The Hall–Kier alpha value is -1.66. The van der Waals surface area contributed by atoms with Crippen LogP contribution in [0.3, 0.4) is 0 Å². The number of nitrogens with zero attached hydrogens (tertiary/aromatic N) is 3. The van der Waals surface area contributed by atoms with Gasteiger partial charge in [-0.1, -0.05) is 0 Å². The third-order valence-corrected chi connectivity index (χ3v) is 2.80. The van der Waals surface area contributed by atoms with E-state index in [2.05, 4.69) is 10.3 Å². The van der Waals surface area contributed by atoms with Gasteiger partial charge in [0.15, 0.2) is 0 Å². The second kappa shape index (κ2) is 5.60. The van der Waals surface area contributed by atoms with Gasteiger partial charge < -0.3 is 11.1 Å². The Kier molecular flexibility index (Phi) is 3.89. The van der Waals surface area contributed by atoms with Gasteiger partial charge in [0, 0.05) is 32.0 Å². The molecule has 6 heteroatoms. The highest BCUT2D eigenvalue weighted by molar-refractivity contribution is 5.71. The van der Waals surface area contributed by atoms with E-state index in [-0.39, 0.29) is 0 Å². The van der Waals surface area contributed by atoms with Crippen molar-refractivity contribution in [3.63, 3.8) is 0 Å². The summed E-state index contributed by atoms with van der Waals surface area (Å²) >= 11 is 0. The monoisotopic (exact) mass is 235 g/mol. The molecule has 0 bridgehead atoms. The van der Waals surface area contributed by atoms with Crippen LogP contribution in [0, 0.1) is 0 Å². The molecule has 1 fully saturated rings. The lowest BCUT2D eigenvalue weighted by Gasteiger charge is -2.29. The number of pyridine rings is 1. The van der Waals surface area contributed by atoms with Crippen LogP contribution in [0.25, 0.3) is 0 Å². The third-order valence-electron chi connectivity index (χ3n) is 2.80. The number of primary amides is 1. The Labute approximate surface area is 100 Å². The van der Waals surface area contributed by atoms with Crippen molar-refractivity contribution >= 4 is 6.03 Å². The standard InChI is InChI=1S/C11H17N5O/c12-11(17)16(15-8-6-14-9-15)7-3-10-1-4-13-5-2-10/h1-2,4-5,14H,3,6-9H2,(H2,12,17). The molecule has 1 aromatic rings. The first-order chi connectivity index (χ1) is 8.27. The van der Waals surface area contributed by atoms with Crippen molar-refractivity contribution in [3.8, 4) is 0 Å². The molecule has 2 rings (SSSR count). The summed E-state index contributed by atoms with van der Waals surface area (Å²) in [7, 11) is 0. The smallest absolute Gasteiger partial charge is 0.329 e. The van der Waals surface area contributed by atoms with E-state index in [9.17, 15) is 4.79 Å². The van der Waals surface area contributed by atoms with E-state index in [0.29, 0.717) is 13.2 Å². The maximum atomic E-state index is 11.4. The molecule has 0 aliphatic carbocycles. The first-order valence-corrected chi connectivity index (χ1v) is 5.69. The summed E-state index contributed by atoms with van der Waals surface area (Å²) in [5.41, 5.74) is 6.54. The first kappa shape index (κ1) is 11.8. The second-order valence-electron chi connectivity index (χ2n) is 3.96. The van der Waals surface area contributed by atoms with E-state index >= 15 is 0 Å². The van der Waals surface area contributed by atoms with Gasteiger partial charge in [-0.25, -0.2) is 9.80 Å². The maximum Gasteiger partial charge on any atom is 0.329 e. The van der Waals surface area contributed by atoms with Crippen molar-refractivity contribution in [1.29, 1.82) is 0 Å². The highest BCUT2D eigenvalue weighted by Crippen LogP contribution is 2.04. The van der Waals surface area contributed by atoms with Gasteiger partial charge in [0.1, 0.15) is 0 Å². The van der Waals surface area contributed by atoms with E-state index < -0.39 is 6.03 Å². The summed E-state index contributed by atoms with van der Waals surface area (Å²) in [6.07, 6.45) is 4.28. The largest absolute Gasteiger partial charge is 0.350 e. The van der Waals surface area contributed by atoms with Crippen LogP contribution < -0.4 is 11.1 Å². The van der Waals surface area contributed by atoms with Crippen LogP contribution >= 0.6 is 0 Å². The molecule has 0 radical (unpaired) electrons. The molecule has 0 spiro atoms. The Morgan fingerprint density at radius 1 is 1.53 bits per heavy atom. The van der Waals surface area contributed by atoms with Crippen molar-refractivity contribution in [2.24, 2.45) is 5.73 Å². The van der Waals surface area contributed by atoms with Gasteiger partial charge >= 0.3 is 6.03 Å². The lowest BCUT2D eigenvalue weighted by atomic mass is 10.2. The number of carbonyl (C=O) groups is 1. The van der Waals surface area contributed by atoms with Crippen LogP contribution in [0.15, 0.2) is 24.5 Å². The summed E-state index contributed by atoms with van der Waals surface area (Å²) in [5, 5.41) is 6.70. The zero-order chi connectivity index (χ0) is 12.1. The third kappa shape index (κ3) is 3.15. The van der Waals surface area contributed by atoms with E-state index in [4.69, 9.17) is 5.73 Å². The molecule has 92 valence electrons. The fourth-order valence-corrected chi connectivity index (χ4v) is 1.88. The predicted octanol–water partition coefficient (Wildman–Crippen LogP) is -0.218. The van der Waals surface area contributed by atoms with E-state index in [1.54, 1.807) is 17.4 Å². The Morgan fingerprint density at radius 2 is 2.29 bits per heavy atom. The lowest BCUT2D eigenvalue weighted by Crippen LogP contribution is -2.49. The minimum absolute atomic E-state index is 0.400. The Morgan fingerprint density at radius 3 is 2.88 bits per heavy atom. The van der Waals surface area contributed by atoms with E-state index in [1.165, 1.54) is 0 Å². The van der Waals surface area contributed by atoms with Crippen LogP contribution in [0.4, 0.5) is 4.79 Å². The predicted molar refractivity (Wildman–Crippen MR) is 63.8 cm³/mol. The quantitative estimate of drug-likeness (QED) is 0.757. The number of nitrogens with one attached hydrogen (secondary N) is 1. The average molecular weight is 235 g/mol. The molecule has 0 saturated carbocycles. The fourth-order valence-electron chi connectivity index (χ4n) is 1.88. The number of hydrogen-bond donors (Lipinski definition) is 2. The number of hydrazine groups is 1. The Balaban J connectivity index is 1.92. The van der Waals surface area contributed by atoms with Crippen LogP contribution in [0.2, 0.25) is 0 Å². The molecular weight excluding hydrogens is 218 g/mol. The molecule has 2 amide bonds. The molecule has 17 heavy (non-hydrogen) atoms. The number of hydrogen-bond acceptors (Lipinski definition) is 4. The van der Waals surface area contributed by atoms with Crippen LogP contribution in [-0.2, 0) is 6.42 Å². The fraction of sp³-hybridized carbons (Fsp3) is 0.455. The topological polar surface area (TPSA) is 74.5 Å². The number of nitrogens with two attached hydrogens (primary N) is 1. The molecule has 2 heterocycles. The van der Waals surface area contributed by atoms with Crippen molar-refractivity contribution in [1.82, 2.24) is 20.3 Å². The molecule has 1 aromatic heterocycles. The Bertz CT molecular complexity index is 363. The van der Waals surface area contributed by atoms with E-state index in [1.807, 2.05) is 17.1 Å². The van der Waals surface area contributed by atoms with Crippen molar-refractivity contribution in [2.75, 3.05) is 26.3 Å². The number of carbonyl (C=O) groups excluding carboxylic acids is 1. The molecule has 0 unspecified atom stereocenters. The van der Waals surface area contributed by atoms with Crippen LogP contribution in [0.1, 0.15) is 5.56 Å². The number of amides is 2. The van der Waals surface area contributed by atoms with Gasteiger partial charge in [0.05, 0.1) is 6.67 Å². The number of aromatic nitrogens is 1. The normalized spacial score (nSPS) is 16.0. The zero-order valence-corrected chi connectivity index (χ0v) is 9.67. The minimum atomic E-state index is -0.400. The molecule has 1 saturated heterocycles. The van der Waals surface area contributed by atoms with Gasteiger partial charge in [-0.3, -0.25) is 9.99 Å². The van der Waals surface area contributed by atoms with Crippen molar-refractivity contribution in [2.45, 2.75) is 6.42 Å².